The molecule has 0 aliphatic carbocycles. The first-order valence-corrected chi connectivity index (χ1v) is 10.4. The number of sulfonamides is 1. The summed E-state index contributed by atoms with van der Waals surface area (Å²) in [5.74, 6) is 0.894. The summed E-state index contributed by atoms with van der Waals surface area (Å²) in [5.41, 5.74) is 3.05. The fraction of sp³-hybridized carbons (Fsp3) is 0.400. The number of quaternary nitrogens is 1. The Hall–Kier alpha value is -1.89. The van der Waals surface area contributed by atoms with Gasteiger partial charge in [0.2, 0.25) is 10.0 Å². The molecule has 0 saturated carbocycles. The first-order chi connectivity index (χ1) is 12.4. The lowest BCUT2D eigenvalue weighted by Crippen LogP contribution is -3.13. The van der Waals surface area contributed by atoms with E-state index in [9.17, 15) is 8.42 Å². The number of nitrogens with one attached hydrogen (secondary N) is 1. The number of para-hydroxylation sites is 1. The van der Waals surface area contributed by atoms with Crippen molar-refractivity contribution in [3.63, 3.8) is 0 Å². The molecule has 1 fully saturated rings. The van der Waals surface area contributed by atoms with Crippen molar-refractivity contribution in [2.75, 3.05) is 33.3 Å². The van der Waals surface area contributed by atoms with E-state index >= 15 is 0 Å². The molecule has 0 atom stereocenters. The quantitative estimate of drug-likeness (QED) is 0.860. The lowest BCUT2D eigenvalue weighted by Gasteiger charge is -2.32. The van der Waals surface area contributed by atoms with E-state index in [1.165, 1.54) is 4.90 Å². The summed E-state index contributed by atoms with van der Waals surface area (Å²) in [6.07, 6.45) is 0. The largest absolute Gasteiger partial charge is 0.496 e. The van der Waals surface area contributed by atoms with Gasteiger partial charge in [0.05, 0.1) is 38.2 Å². The van der Waals surface area contributed by atoms with Crippen LogP contribution in [0.4, 0.5) is 0 Å². The van der Waals surface area contributed by atoms with Gasteiger partial charge < -0.3 is 9.64 Å². The molecule has 26 heavy (non-hydrogen) atoms. The van der Waals surface area contributed by atoms with Crippen molar-refractivity contribution in [1.29, 1.82) is 0 Å². The van der Waals surface area contributed by atoms with Gasteiger partial charge in [-0.25, -0.2) is 8.42 Å². The highest BCUT2D eigenvalue weighted by Crippen LogP contribution is 2.21. The van der Waals surface area contributed by atoms with Crippen LogP contribution in [0.5, 0.6) is 5.75 Å². The highest BCUT2D eigenvalue weighted by molar-refractivity contribution is 7.89. The summed E-state index contributed by atoms with van der Waals surface area (Å²) < 4.78 is 33.0. The highest BCUT2D eigenvalue weighted by Gasteiger charge is 2.31. The van der Waals surface area contributed by atoms with Crippen LogP contribution in [-0.4, -0.2) is 46.0 Å². The number of hydrogen-bond acceptors (Lipinski definition) is 3. The third-order valence-corrected chi connectivity index (χ3v) is 7.07. The molecule has 1 N–H and O–H groups in total. The minimum Gasteiger partial charge on any atom is -0.496 e. The first kappa shape index (κ1) is 18.9. The van der Waals surface area contributed by atoms with Crippen molar-refractivity contribution in [1.82, 2.24) is 4.31 Å². The normalized spacial score (nSPS) is 16.6. The number of nitrogens with zero attached hydrogens (tertiary/aromatic N) is 1. The van der Waals surface area contributed by atoms with Crippen LogP contribution in [-0.2, 0) is 16.6 Å². The second-order valence-corrected chi connectivity index (χ2v) is 8.82. The molecule has 0 unspecified atom stereocenters. The molecule has 0 bridgehead atoms. The van der Waals surface area contributed by atoms with Gasteiger partial charge >= 0.3 is 0 Å². The van der Waals surface area contributed by atoms with Crippen LogP contribution >= 0.6 is 0 Å². The zero-order valence-electron chi connectivity index (χ0n) is 15.7. The molecule has 2 aromatic carbocycles. The number of ether oxygens (including phenoxy) is 1. The van der Waals surface area contributed by atoms with Gasteiger partial charge in [0.25, 0.3) is 0 Å². The Balaban J connectivity index is 1.68. The van der Waals surface area contributed by atoms with Crippen molar-refractivity contribution >= 4 is 10.0 Å². The lowest BCUT2D eigenvalue weighted by atomic mass is 10.2. The smallest absolute Gasteiger partial charge is 0.243 e. The van der Waals surface area contributed by atoms with Gasteiger partial charge in [-0.3, -0.25) is 0 Å². The summed E-state index contributed by atoms with van der Waals surface area (Å²) in [5, 5.41) is 0. The Kier molecular flexibility index (Phi) is 5.65. The minimum atomic E-state index is -3.42. The van der Waals surface area contributed by atoms with E-state index < -0.39 is 10.0 Å². The van der Waals surface area contributed by atoms with E-state index in [1.807, 2.05) is 44.2 Å². The van der Waals surface area contributed by atoms with Crippen LogP contribution in [0.1, 0.15) is 16.7 Å². The van der Waals surface area contributed by atoms with Crippen LogP contribution in [0.2, 0.25) is 0 Å². The number of aryl methyl sites for hydroxylation is 2. The standard InChI is InChI=1S/C20H26N2O3S/c1-16-8-9-20(17(2)14-16)26(23,24)22-12-10-21(11-13-22)15-18-6-4-5-7-19(18)25-3/h4-9,14H,10-13,15H2,1-3H3/p+1. The Morgan fingerprint density at radius 2 is 1.77 bits per heavy atom. The van der Waals surface area contributed by atoms with E-state index in [2.05, 4.69) is 6.07 Å². The Morgan fingerprint density at radius 3 is 2.42 bits per heavy atom. The molecule has 2 aromatic rings. The molecule has 1 aliphatic rings. The molecule has 0 spiro atoms. The van der Waals surface area contributed by atoms with Crippen LogP contribution < -0.4 is 9.64 Å². The van der Waals surface area contributed by atoms with E-state index in [1.54, 1.807) is 17.5 Å². The third-order valence-electron chi connectivity index (χ3n) is 5.01. The Morgan fingerprint density at radius 1 is 1.08 bits per heavy atom. The molecule has 3 rings (SSSR count). The summed E-state index contributed by atoms with van der Waals surface area (Å²) in [6.45, 7) is 7.36. The molecule has 140 valence electrons. The molecule has 0 radical (unpaired) electrons. The summed E-state index contributed by atoms with van der Waals surface area (Å²) in [6, 6.07) is 13.5. The van der Waals surface area contributed by atoms with Crippen molar-refractivity contribution in [3.05, 3.63) is 59.2 Å². The van der Waals surface area contributed by atoms with Crippen LogP contribution in [0.3, 0.4) is 0 Å². The molecule has 1 heterocycles. The monoisotopic (exact) mass is 375 g/mol. The summed E-state index contributed by atoms with van der Waals surface area (Å²) in [7, 11) is -1.74. The van der Waals surface area contributed by atoms with E-state index in [0.717, 1.165) is 42.1 Å². The molecule has 1 aliphatic heterocycles. The van der Waals surface area contributed by atoms with Crippen LogP contribution in [0.25, 0.3) is 0 Å². The van der Waals surface area contributed by atoms with Gasteiger partial charge in [0.1, 0.15) is 12.3 Å². The van der Waals surface area contributed by atoms with Crippen molar-refractivity contribution in [2.45, 2.75) is 25.3 Å². The number of hydrogen-bond donors (Lipinski definition) is 1. The number of rotatable bonds is 5. The van der Waals surface area contributed by atoms with Crippen molar-refractivity contribution < 1.29 is 18.1 Å². The molecule has 0 amide bonds. The second-order valence-electron chi connectivity index (χ2n) is 6.91. The maximum Gasteiger partial charge on any atom is 0.243 e. The zero-order chi connectivity index (χ0) is 18.7. The Labute approximate surface area is 156 Å². The first-order valence-electron chi connectivity index (χ1n) is 8.94. The van der Waals surface area contributed by atoms with E-state index in [0.29, 0.717) is 18.0 Å². The van der Waals surface area contributed by atoms with E-state index in [4.69, 9.17) is 4.74 Å². The highest BCUT2D eigenvalue weighted by atomic mass is 32.2. The molecule has 6 heteroatoms. The van der Waals surface area contributed by atoms with Gasteiger partial charge in [0.15, 0.2) is 0 Å². The van der Waals surface area contributed by atoms with Gasteiger partial charge in [-0.05, 0) is 37.6 Å². The zero-order valence-corrected chi connectivity index (χ0v) is 16.5. The predicted octanol–water partition coefficient (Wildman–Crippen LogP) is 1.40. The molecular weight excluding hydrogens is 348 g/mol. The number of piperazine rings is 1. The lowest BCUT2D eigenvalue weighted by molar-refractivity contribution is -0.917. The summed E-state index contributed by atoms with van der Waals surface area (Å²) >= 11 is 0. The molecule has 5 nitrogen and oxygen atoms in total. The average Bonchev–Trinajstić information content (AvgIpc) is 2.62. The molecule has 0 aromatic heterocycles. The molecule has 1 saturated heterocycles. The topological polar surface area (TPSA) is 51.1 Å². The van der Waals surface area contributed by atoms with Crippen molar-refractivity contribution in [3.8, 4) is 5.75 Å². The van der Waals surface area contributed by atoms with Crippen LogP contribution in [0.15, 0.2) is 47.4 Å². The number of methoxy groups -OCH3 is 1. The fourth-order valence-corrected chi connectivity index (χ4v) is 5.21. The van der Waals surface area contributed by atoms with Crippen LogP contribution in [0, 0.1) is 13.8 Å². The molecular formula is C20H27N2O3S+. The average molecular weight is 376 g/mol. The maximum atomic E-state index is 13.0. The number of benzene rings is 2. The van der Waals surface area contributed by atoms with Crippen molar-refractivity contribution in [2.24, 2.45) is 0 Å². The second kappa shape index (κ2) is 7.78. The fourth-order valence-electron chi connectivity index (χ4n) is 3.57. The van der Waals surface area contributed by atoms with Gasteiger partial charge in [-0.2, -0.15) is 4.31 Å². The van der Waals surface area contributed by atoms with E-state index in [-0.39, 0.29) is 0 Å². The maximum absolute atomic E-state index is 13.0. The Bertz CT molecular complexity index is 872. The van der Waals surface area contributed by atoms with Gasteiger partial charge in [-0.15, -0.1) is 0 Å². The minimum absolute atomic E-state index is 0.427. The predicted molar refractivity (Wildman–Crippen MR) is 102 cm³/mol. The van der Waals surface area contributed by atoms with Gasteiger partial charge in [-0.1, -0.05) is 29.8 Å². The SMILES string of the molecule is COc1ccccc1C[NH+]1CCN(S(=O)(=O)c2ccc(C)cc2C)CC1. The van der Waals surface area contributed by atoms with Gasteiger partial charge in [0, 0.05) is 5.56 Å². The summed E-state index contributed by atoms with van der Waals surface area (Å²) in [4.78, 5) is 1.80. The third kappa shape index (κ3) is 3.92.